The zero-order valence-electron chi connectivity index (χ0n) is 9.26. The number of hydrogen-bond donors (Lipinski definition) is 1. The molecule has 1 aromatic carbocycles. The van der Waals surface area contributed by atoms with Gasteiger partial charge in [-0.15, -0.1) is 11.3 Å². The van der Waals surface area contributed by atoms with E-state index in [1.54, 1.807) is 12.1 Å². The van der Waals surface area contributed by atoms with Gasteiger partial charge in [-0.1, -0.05) is 23.2 Å². The highest BCUT2D eigenvalue weighted by atomic mass is 79.9. The summed E-state index contributed by atoms with van der Waals surface area (Å²) in [4.78, 5) is 13.9. The second-order valence-corrected chi connectivity index (χ2v) is 6.60. The molecule has 0 saturated heterocycles. The van der Waals surface area contributed by atoms with Crippen molar-refractivity contribution < 1.29 is 4.79 Å². The average molecular weight is 365 g/mol. The van der Waals surface area contributed by atoms with Gasteiger partial charge in [0, 0.05) is 14.9 Å². The van der Waals surface area contributed by atoms with E-state index in [2.05, 4.69) is 15.9 Å². The Bertz CT molecular complexity index is 596. The molecule has 0 fully saturated rings. The molecule has 6 heteroatoms. The maximum Gasteiger partial charge on any atom is 0.203 e. The van der Waals surface area contributed by atoms with Crippen molar-refractivity contribution in [1.29, 1.82) is 0 Å². The van der Waals surface area contributed by atoms with Crippen LogP contribution in [0.3, 0.4) is 0 Å². The van der Waals surface area contributed by atoms with Crippen LogP contribution in [0.25, 0.3) is 0 Å². The third-order valence-corrected chi connectivity index (χ3v) is 5.35. The van der Waals surface area contributed by atoms with Crippen LogP contribution in [-0.4, -0.2) is 5.78 Å². The fraction of sp³-hybridized carbons (Fsp3) is 0.0833. The molecule has 0 atom stereocenters. The molecule has 2 aromatic rings. The number of thiophene rings is 1. The average Bonchev–Trinajstić information content (AvgIpc) is 2.65. The van der Waals surface area contributed by atoms with E-state index >= 15 is 0 Å². The minimum atomic E-state index is -0.112. The van der Waals surface area contributed by atoms with E-state index < -0.39 is 0 Å². The maximum absolute atomic E-state index is 12.3. The third kappa shape index (κ3) is 2.57. The van der Waals surface area contributed by atoms with Crippen LogP contribution in [0.1, 0.15) is 20.1 Å². The summed E-state index contributed by atoms with van der Waals surface area (Å²) < 4.78 is 0.920. The largest absolute Gasteiger partial charge is 0.397 e. The summed E-state index contributed by atoms with van der Waals surface area (Å²) in [6, 6.07) is 4.87. The Morgan fingerprint density at radius 2 is 2.00 bits per heavy atom. The molecule has 0 spiro atoms. The smallest absolute Gasteiger partial charge is 0.203 e. The summed E-state index contributed by atoms with van der Waals surface area (Å²) >= 11 is 16.6. The van der Waals surface area contributed by atoms with Gasteiger partial charge in [0.25, 0.3) is 0 Å². The molecule has 0 amide bonds. The highest BCUT2D eigenvalue weighted by molar-refractivity contribution is 9.10. The molecular weight excluding hydrogens is 357 g/mol. The SMILES string of the molecule is Cc1sc(C(=O)c2cc(N)c(Cl)c(Cl)c2)cc1Br. The van der Waals surface area contributed by atoms with E-state index in [0.29, 0.717) is 16.1 Å². The van der Waals surface area contributed by atoms with E-state index in [9.17, 15) is 4.79 Å². The Kier molecular flexibility index (Phi) is 4.02. The summed E-state index contributed by atoms with van der Waals surface area (Å²) in [5.41, 5.74) is 6.44. The zero-order chi connectivity index (χ0) is 13.4. The van der Waals surface area contributed by atoms with Gasteiger partial charge in [-0.2, -0.15) is 0 Å². The molecule has 0 aliphatic rings. The summed E-state index contributed by atoms with van der Waals surface area (Å²) in [7, 11) is 0. The molecule has 0 bridgehead atoms. The molecule has 0 radical (unpaired) electrons. The van der Waals surface area contributed by atoms with Crippen molar-refractivity contribution in [3.63, 3.8) is 0 Å². The van der Waals surface area contributed by atoms with Gasteiger partial charge in [0.1, 0.15) is 0 Å². The molecule has 0 aliphatic heterocycles. The summed E-state index contributed by atoms with van der Waals surface area (Å²) in [6.07, 6.45) is 0. The lowest BCUT2D eigenvalue weighted by Crippen LogP contribution is -2.00. The summed E-state index contributed by atoms with van der Waals surface area (Å²) in [5.74, 6) is -0.112. The zero-order valence-corrected chi connectivity index (χ0v) is 13.2. The topological polar surface area (TPSA) is 43.1 Å². The Morgan fingerprint density at radius 3 is 2.50 bits per heavy atom. The van der Waals surface area contributed by atoms with Gasteiger partial charge in [0.2, 0.25) is 5.78 Å². The number of carbonyl (C=O) groups is 1. The maximum atomic E-state index is 12.3. The van der Waals surface area contributed by atoms with E-state index in [-0.39, 0.29) is 15.8 Å². The Labute approximate surface area is 127 Å². The van der Waals surface area contributed by atoms with Gasteiger partial charge in [-0.3, -0.25) is 4.79 Å². The minimum Gasteiger partial charge on any atom is -0.397 e. The number of aryl methyl sites for hydroxylation is 1. The number of halogens is 3. The van der Waals surface area contributed by atoms with E-state index in [1.165, 1.54) is 17.4 Å². The van der Waals surface area contributed by atoms with Crippen LogP contribution in [0.4, 0.5) is 5.69 Å². The lowest BCUT2D eigenvalue weighted by Gasteiger charge is -2.04. The molecule has 2 nitrogen and oxygen atoms in total. The van der Waals surface area contributed by atoms with Crippen LogP contribution in [0.5, 0.6) is 0 Å². The number of ketones is 1. The molecule has 0 saturated carbocycles. The summed E-state index contributed by atoms with van der Waals surface area (Å²) in [6.45, 7) is 1.94. The molecule has 18 heavy (non-hydrogen) atoms. The van der Waals surface area contributed by atoms with Crippen molar-refractivity contribution in [3.8, 4) is 0 Å². The molecule has 2 N–H and O–H groups in total. The van der Waals surface area contributed by atoms with Crippen LogP contribution in [0, 0.1) is 6.92 Å². The van der Waals surface area contributed by atoms with Crippen LogP contribution >= 0.6 is 50.5 Å². The predicted octanol–water partition coefficient (Wildman–Crippen LogP) is 4.94. The van der Waals surface area contributed by atoms with Gasteiger partial charge in [-0.25, -0.2) is 0 Å². The number of benzene rings is 1. The van der Waals surface area contributed by atoms with E-state index in [1.807, 2.05) is 6.92 Å². The van der Waals surface area contributed by atoms with Crippen LogP contribution in [0.15, 0.2) is 22.7 Å². The van der Waals surface area contributed by atoms with Crippen molar-refractivity contribution in [3.05, 3.63) is 48.0 Å². The highest BCUT2D eigenvalue weighted by Gasteiger charge is 2.16. The van der Waals surface area contributed by atoms with Crippen LogP contribution in [0.2, 0.25) is 10.0 Å². The van der Waals surface area contributed by atoms with Crippen molar-refractivity contribution in [1.82, 2.24) is 0 Å². The van der Waals surface area contributed by atoms with E-state index in [0.717, 1.165) is 9.35 Å². The molecule has 2 rings (SSSR count). The number of anilines is 1. The number of hydrogen-bond acceptors (Lipinski definition) is 3. The van der Waals surface area contributed by atoms with Crippen molar-refractivity contribution in [2.24, 2.45) is 0 Å². The molecule has 1 aromatic heterocycles. The normalized spacial score (nSPS) is 10.7. The Morgan fingerprint density at radius 1 is 1.33 bits per heavy atom. The fourth-order valence-corrected chi connectivity index (χ4v) is 3.29. The quantitative estimate of drug-likeness (QED) is 0.605. The number of nitrogen functional groups attached to an aromatic ring is 1. The van der Waals surface area contributed by atoms with Gasteiger partial charge < -0.3 is 5.73 Å². The second-order valence-electron chi connectivity index (χ2n) is 3.71. The molecular formula is C12H8BrCl2NOS. The van der Waals surface area contributed by atoms with Crippen LogP contribution in [-0.2, 0) is 0 Å². The second kappa shape index (κ2) is 5.21. The first-order valence-electron chi connectivity index (χ1n) is 4.95. The molecule has 0 aliphatic carbocycles. The Hall–Kier alpha value is -0.550. The summed E-state index contributed by atoms with van der Waals surface area (Å²) in [5, 5.41) is 0.559. The standard InChI is InChI=1S/C12H8BrCl2NOS/c1-5-7(13)4-10(18-5)12(17)6-2-8(14)11(15)9(16)3-6/h2-4H,16H2,1H3. The first-order chi connectivity index (χ1) is 8.40. The first kappa shape index (κ1) is 13.9. The van der Waals surface area contributed by atoms with Crippen molar-refractivity contribution >= 4 is 61.9 Å². The molecule has 1 heterocycles. The lowest BCUT2D eigenvalue weighted by atomic mass is 10.1. The van der Waals surface area contributed by atoms with Gasteiger partial charge in [-0.05, 0) is 41.1 Å². The monoisotopic (exact) mass is 363 g/mol. The first-order valence-corrected chi connectivity index (χ1v) is 7.32. The number of carbonyl (C=O) groups excluding carboxylic acids is 1. The minimum absolute atomic E-state index is 0.112. The van der Waals surface area contributed by atoms with Gasteiger partial charge in [0.15, 0.2) is 0 Å². The van der Waals surface area contributed by atoms with Crippen molar-refractivity contribution in [2.75, 3.05) is 5.73 Å². The number of nitrogens with two attached hydrogens (primary N) is 1. The van der Waals surface area contributed by atoms with Gasteiger partial charge in [0.05, 0.1) is 20.6 Å². The highest BCUT2D eigenvalue weighted by Crippen LogP contribution is 2.32. The van der Waals surface area contributed by atoms with E-state index in [4.69, 9.17) is 28.9 Å². The Balaban J connectivity index is 2.46. The number of rotatable bonds is 2. The predicted molar refractivity (Wildman–Crippen MR) is 81.1 cm³/mol. The van der Waals surface area contributed by atoms with Gasteiger partial charge >= 0.3 is 0 Å². The lowest BCUT2D eigenvalue weighted by molar-refractivity contribution is 0.104. The molecule has 94 valence electrons. The fourth-order valence-electron chi connectivity index (χ4n) is 1.46. The van der Waals surface area contributed by atoms with Crippen LogP contribution < -0.4 is 5.73 Å². The third-order valence-electron chi connectivity index (χ3n) is 2.40. The molecule has 0 unspecified atom stereocenters. The van der Waals surface area contributed by atoms with Crippen molar-refractivity contribution in [2.45, 2.75) is 6.92 Å².